The Balaban J connectivity index is 1.81. The zero-order valence-electron chi connectivity index (χ0n) is 9.15. The number of carbonyl (C=O) groups is 1. The standard InChI is InChI=1S/C11H20N2O2/c12-7-9-1-4-13(5-2-9)11(14)10-3-6-15-8-10/h9-10H,1-8,12H2. The molecule has 0 aliphatic carbocycles. The van der Waals surface area contributed by atoms with E-state index in [1.807, 2.05) is 4.90 Å². The quantitative estimate of drug-likeness (QED) is 0.712. The van der Waals surface area contributed by atoms with E-state index in [2.05, 4.69) is 0 Å². The van der Waals surface area contributed by atoms with Crippen LogP contribution in [0.5, 0.6) is 0 Å². The predicted octanol–water partition coefficient (Wildman–Crippen LogP) is 0.220. The molecule has 2 aliphatic rings. The summed E-state index contributed by atoms with van der Waals surface area (Å²) in [5.41, 5.74) is 5.62. The van der Waals surface area contributed by atoms with Crippen LogP contribution in [-0.4, -0.2) is 43.7 Å². The summed E-state index contributed by atoms with van der Waals surface area (Å²) in [6, 6.07) is 0. The summed E-state index contributed by atoms with van der Waals surface area (Å²) in [6.45, 7) is 3.90. The summed E-state index contributed by atoms with van der Waals surface area (Å²) in [7, 11) is 0. The summed E-state index contributed by atoms with van der Waals surface area (Å²) in [5.74, 6) is 1.04. The van der Waals surface area contributed by atoms with Gasteiger partial charge in [0.25, 0.3) is 0 Å². The number of amides is 1. The lowest BCUT2D eigenvalue weighted by Crippen LogP contribution is -2.43. The summed E-state index contributed by atoms with van der Waals surface area (Å²) < 4.78 is 5.24. The van der Waals surface area contributed by atoms with Crippen molar-refractivity contribution in [1.82, 2.24) is 4.90 Å². The number of likely N-dealkylation sites (tertiary alicyclic amines) is 1. The van der Waals surface area contributed by atoms with Crippen LogP contribution in [0.25, 0.3) is 0 Å². The van der Waals surface area contributed by atoms with Crippen molar-refractivity contribution in [2.24, 2.45) is 17.6 Å². The summed E-state index contributed by atoms with van der Waals surface area (Å²) in [4.78, 5) is 14.0. The molecule has 2 rings (SSSR count). The highest BCUT2D eigenvalue weighted by Gasteiger charge is 2.30. The van der Waals surface area contributed by atoms with Gasteiger partial charge >= 0.3 is 0 Å². The van der Waals surface area contributed by atoms with Crippen molar-refractivity contribution >= 4 is 5.91 Å². The maximum atomic E-state index is 12.0. The number of hydrogen-bond donors (Lipinski definition) is 1. The van der Waals surface area contributed by atoms with Crippen molar-refractivity contribution in [3.63, 3.8) is 0 Å². The number of nitrogens with two attached hydrogens (primary N) is 1. The number of hydrogen-bond acceptors (Lipinski definition) is 3. The van der Waals surface area contributed by atoms with E-state index in [9.17, 15) is 4.79 Å². The lowest BCUT2D eigenvalue weighted by atomic mass is 9.96. The molecule has 0 spiro atoms. The predicted molar refractivity (Wildman–Crippen MR) is 57.3 cm³/mol. The van der Waals surface area contributed by atoms with Crippen LogP contribution in [0.1, 0.15) is 19.3 Å². The summed E-state index contributed by atoms with van der Waals surface area (Å²) in [6.07, 6.45) is 3.03. The SMILES string of the molecule is NCC1CCN(C(=O)C2CCOC2)CC1. The number of carbonyl (C=O) groups excluding carboxylic acids is 1. The molecular weight excluding hydrogens is 192 g/mol. The highest BCUT2D eigenvalue weighted by Crippen LogP contribution is 2.21. The lowest BCUT2D eigenvalue weighted by molar-refractivity contribution is -0.136. The molecule has 2 N–H and O–H groups in total. The fourth-order valence-corrected chi connectivity index (χ4v) is 2.38. The molecule has 1 amide bonds. The molecule has 0 bridgehead atoms. The van der Waals surface area contributed by atoms with Gasteiger partial charge in [0.1, 0.15) is 0 Å². The van der Waals surface area contributed by atoms with Crippen molar-refractivity contribution in [3.8, 4) is 0 Å². The Morgan fingerprint density at radius 2 is 2.07 bits per heavy atom. The molecular formula is C11H20N2O2. The average Bonchev–Trinajstić information content (AvgIpc) is 2.82. The van der Waals surface area contributed by atoms with Crippen LogP contribution in [-0.2, 0) is 9.53 Å². The molecule has 2 fully saturated rings. The minimum absolute atomic E-state index is 0.124. The minimum atomic E-state index is 0.124. The van der Waals surface area contributed by atoms with E-state index in [1.165, 1.54) is 0 Å². The van der Waals surface area contributed by atoms with Gasteiger partial charge in [-0.2, -0.15) is 0 Å². The van der Waals surface area contributed by atoms with Gasteiger partial charge in [0.15, 0.2) is 0 Å². The van der Waals surface area contributed by atoms with E-state index >= 15 is 0 Å². The van der Waals surface area contributed by atoms with Gasteiger partial charge in [-0.05, 0) is 31.7 Å². The van der Waals surface area contributed by atoms with Crippen LogP contribution in [0.15, 0.2) is 0 Å². The first kappa shape index (κ1) is 10.9. The Hall–Kier alpha value is -0.610. The zero-order valence-corrected chi connectivity index (χ0v) is 9.15. The van der Waals surface area contributed by atoms with Gasteiger partial charge in [-0.3, -0.25) is 4.79 Å². The van der Waals surface area contributed by atoms with E-state index < -0.39 is 0 Å². The van der Waals surface area contributed by atoms with Crippen LogP contribution in [0.4, 0.5) is 0 Å². The van der Waals surface area contributed by atoms with E-state index in [4.69, 9.17) is 10.5 Å². The Morgan fingerprint density at radius 1 is 1.33 bits per heavy atom. The van der Waals surface area contributed by atoms with Crippen molar-refractivity contribution in [2.45, 2.75) is 19.3 Å². The van der Waals surface area contributed by atoms with Crippen LogP contribution >= 0.6 is 0 Å². The van der Waals surface area contributed by atoms with Crippen LogP contribution < -0.4 is 5.73 Å². The first-order valence-electron chi connectivity index (χ1n) is 5.88. The number of piperidine rings is 1. The molecule has 1 atom stereocenters. The van der Waals surface area contributed by atoms with E-state index in [0.29, 0.717) is 18.4 Å². The van der Waals surface area contributed by atoms with Gasteiger partial charge in [-0.15, -0.1) is 0 Å². The average molecular weight is 212 g/mol. The van der Waals surface area contributed by atoms with Crippen molar-refractivity contribution in [3.05, 3.63) is 0 Å². The molecule has 2 saturated heterocycles. The van der Waals surface area contributed by atoms with Gasteiger partial charge in [-0.25, -0.2) is 0 Å². The molecule has 1 unspecified atom stereocenters. The maximum absolute atomic E-state index is 12.0. The zero-order chi connectivity index (χ0) is 10.7. The molecule has 0 aromatic heterocycles. The van der Waals surface area contributed by atoms with Crippen molar-refractivity contribution < 1.29 is 9.53 Å². The second-order valence-corrected chi connectivity index (χ2v) is 4.56. The first-order valence-corrected chi connectivity index (χ1v) is 5.88. The van der Waals surface area contributed by atoms with Crippen LogP contribution in [0.2, 0.25) is 0 Å². The summed E-state index contributed by atoms with van der Waals surface area (Å²) >= 11 is 0. The topological polar surface area (TPSA) is 55.6 Å². The van der Waals surface area contributed by atoms with Crippen LogP contribution in [0.3, 0.4) is 0 Å². The van der Waals surface area contributed by atoms with Gasteiger partial charge in [0.2, 0.25) is 5.91 Å². The third-order valence-corrected chi connectivity index (χ3v) is 3.54. The molecule has 4 nitrogen and oxygen atoms in total. The molecule has 2 aliphatic heterocycles. The third kappa shape index (κ3) is 2.49. The van der Waals surface area contributed by atoms with Gasteiger partial charge in [-0.1, -0.05) is 0 Å². The Labute approximate surface area is 90.8 Å². The monoisotopic (exact) mass is 212 g/mol. The Kier molecular flexibility index (Phi) is 3.59. The van der Waals surface area contributed by atoms with Gasteiger partial charge in [0.05, 0.1) is 12.5 Å². The fourth-order valence-electron chi connectivity index (χ4n) is 2.38. The maximum Gasteiger partial charge on any atom is 0.228 e. The number of rotatable bonds is 2. The molecule has 0 saturated carbocycles. The highest BCUT2D eigenvalue weighted by molar-refractivity contribution is 5.79. The lowest BCUT2D eigenvalue weighted by Gasteiger charge is -2.32. The van der Waals surface area contributed by atoms with E-state index in [0.717, 1.165) is 45.5 Å². The minimum Gasteiger partial charge on any atom is -0.381 e. The smallest absolute Gasteiger partial charge is 0.228 e. The molecule has 2 heterocycles. The second kappa shape index (κ2) is 4.94. The van der Waals surface area contributed by atoms with Crippen molar-refractivity contribution in [1.29, 1.82) is 0 Å². The number of ether oxygens (including phenoxy) is 1. The number of nitrogens with zero attached hydrogens (tertiary/aromatic N) is 1. The molecule has 4 heteroatoms. The van der Waals surface area contributed by atoms with E-state index in [1.54, 1.807) is 0 Å². The molecule has 86 valence electrons. The Morgan fingerprint density at radius 3 is 2.60 bits per heavy atom. The Bertz CT molecular complexity index is 219. The fraction of sp³-hybridized carbons (Fsp3) is 0.909. The second-order valence-electron chi connectivity index (χ2n) is 4.56. The molecule has 0 aromatic rings. The van der Waals surface area contributed by atoms with Gasteiger partial charge < -0.3 is 15.4 Å². The third-order valence-electron chi connectivity index (χ3n) is 3.54. The van der Waals surface area contributed by atoms with Crippen LogP contribution in [0, 0.1) is 11.8 Å². The molecule has 0 radical (unpaired) electrons. The first-order chi connectivity index (χ1) is 7.31. The van der Waals surface area contributed by atoms with E-state index in [-0.39, 0.29) is 5.92 Å². The highest BCUT2D eigenvalue weighted by atomic mass is 16.5. The molecule has 15 heavy (non-hydrogen) atoms. The normalized spacial score (nSPS) is 28.3. The largest absolute Gasteiger partial charge is 0.381 e. The van der Waals surface area contributed by atoms with Crippen molar-refractivity contribution in [2.75, 3.05) is 32.8 Å². The summed E-state index contributed by atoms with van der Waals surface area (Å²) in [5, 5.41) is 0. The molecule has 0 aromatic carbocycles. The van der Waals surface area contributed by atoms with Gasteiger partial charge in [0, 0.05) is 19.7 Å².